The molecule has 6 heteroatoms. The van der Waals surface area contributed by atoms with Gasteiger partial charge in [0.1, 0.15) is 5.75 Å². The number of allylic oxidation sites excluding steroid dienone is 1. The minimum Gasteiger partial charge on any atom is -0.494 e. The van der Waals surface area contributed by atoms with E-state index in [2.05, 4.69) is 18.5 Å². The van der Waals surface area contributed by atoms with Gasteiger partial charge in [-0.25, -0.2) is 0 Å². The average Bonchev–Trinajstić information content (AvgIpc) is 3.04. The lowest BCUT2D eigenvalue weighted by Crippen LogP contribution is -2.16. The zero-order valence-corrected chi connectivity index (χ0v) is 17.4. The number of fused-ring (bicyclic) bond motifs is 1. The second kappa shape index (κ2) is 9.71. The molecule has 0 fully saturated rings. The van der Waals surface area contributed by atoms with Crippen molar-refractivity contribution in [3.05, 3.63) is 70.5 Å². The van der Waals surface area contributed by atoms with Gasteiger partial charge in [0, 0.05) is 12.1 Å². The van der Waals surface area contributed by atoms with E-state index in [1.54, 1.807) is 18.2 Å². The first-order valence-electron chi connectivity index (χ1n) is 9.34. The quantitative estimate of drug-likeness (QED) is 0.342. The molecule has 0 unspecified atom stereocenters. The van der Waals surface area contributed by atoms with Crippen LogP contribution in [0.5, 0.6) is 5.75 Å². The number of para-hydroxylation sites is 1. The van der Waals surface area contributed by atoms with Crippen LogP contribution in [0.3, 0.4) is 0 Å². The van der Waals surface area contributed by atoms with Gasteiger partial charge in [-0.3, -0.25) is 4.79 Å². The van der Waals surface area contributed by atoms with E-state index in [0.717, 1.165) is 29.5 Å². The zero-order valence-electron chi connectivity index (χ0n) is 15.9. The number of aromatic nitrogens is 1. The molecule has 1 amide bonds. The minimum absolute atomic E-state index is 0.306. The van der Waals surface area contributed by atoms with E-state index in [9.17, 15) is 4.79 Å². The summed E-state index contributed by atoms with van der Waals surface area (Å²) in [4.78, 5) is 17.7. The van der Waals surface area contributed by atoms with Crippen molar-refractivity contribution in [1.29, 1.82) is 0 Å². The Morgan fingerprint density at radius 1 is 1.29 bits per heavy atom. The van der Waals surface area contributed by atoms with Gasteiger partial charge in [-0.05, 0) is 36.8 Å². The number of unbranched alkanes of at least 4 members (excludes halogenated alkanes) is 2. The number of rotatable bonds is 8. The van der Waals surface area contributed by atoms with E-state index in [0.29, 0.717) is 34.3 Å². The zero-order chi connectivity index (χ0) is 19.9. The molecule has 3 rings (SSSR count). The lowest BCUT2D eigenvalue weighted by Gasteiger charge is -2.06. The van der Waals surface area contributed by atoms with Gasteiger partial charge in [0.25, 0.3) is 5.91 Å². The Morgan fingerprint density at radius 3 is 2.89 bits per heavy atom. The molecule has 0 spiro atoms. The first kappa shape index (κ1) is 20.4. The Hall–Kier alpha value is -2.37. The molecule has 3 aromatic rings. The van der Waals surface area contributed by atoms with E-state index < -0.39 is 0 Å². The van der Waals surface area contributed by atoms with Gasteiger partial charge in [0.2, 0.25) is 0 Å². The molecule has 2 aromatic carbocycles. The number of ether oxygens (including phenoxy) is 1. The fourth-order valence-corrected chi connectivity index (χ4v) is 4.28. The molecule has 0 bridgehead atoms. The van der Waals surface area contributed by atoms with Crippen molar-refractivity contribution in [1.82, 2.24) is 4.57 Å². The Bertz CT molecular complexity index is 1050. The maximum Gasteiger partial charge on any atom is 0.279 e. The van der Waals surface area contributed by atoms with E-state index in [4.69, 9.17) is 16.3 Å². The van der Waals surface area contributed by atoms with Crippen LogP contribution in [-0.2, 0) is 6.54 Å². The maximum absolute atomic E-state index is 12.8. The summed E-state index contributed by atoms with van der Waals surface area (Å²) in [6.45, 7) is 7.13. The number of hydrogen-bond acceptors (Lipinski definition) is 3. The van der Waals surface area contributed by atoms with Gasteiger partial charge < -0.3 is 9.30 Å². The van der Waals surface area contributed by atoms with E-state index >= 15 is 0 Å². The number of benzene rings is 2. The summed E-state index contributed by atoms with van der Waals surface area (Å²) >= 11 is 7.80. The van der Waals surface area contributed by atoms with Crippen molar-refractivity contribution in [2.24, 2.45) is 4.99 Å². The van der Waals surface area contributed by atoms with Crippen LogP contribution in [0.1, 0.15) is 36.5 Å². The summed E-state index contributed by atoms with van der Waals surface area (Å²) in [7, 11) is 0. The molecule has 0 saturated heterocycles. The van der Waals surface area contributed by atoms with Crippen LogP contribution < -0.4 is 9.54 Å². The summed E-state index contributed by atoms with van der Waals surface area (Å²) in [5.41, 5.74) is 1.37. The van der Waals surface area contributed by atoms with Crippen molar-refractivity contribution in [2.45, 2.75) is 32.7 Å². The largest absolute Gasteiger partial charge is 0.494 e. The molecule has 4 nitrogen and oxygen atoms in total. The lowest BCUT2D eigenvalue weighted by molar-refractivity contribution is 0.0997. The number of carbonyl (C=O) groups excluding carboxylic acids is 1. The number of thiazole rings is 1. The smallest absolute Gasteiger partial charge is 0.279 e. The van der Waals surface area contributed by atoms with Crippen LogP contribution in [0.25, 0.3) is 10.2 Å². The third kappa shape index (κ3) is 4.72. The van der Waals surface area contributed by atoms with Crippen molar-refractivity contribution in [3.8, 4) is 5.75 Å². The first-order chi connectivity index (χ1) is 13.6. The second-order valence-corrected chi connectivity index (χ2v) is 7.79. The summed E-state index contributed by atoms with van der Waals surface area (Å²) in [5.74, 6) is 0.384. The fourth-order valence-electron chi connectivity index (χ4n) is 2.88. The Kier molecular flexibility index (Phi) is 7.06. The second-order valence-electron chi connectivity index (χ2n) is 6.37. The Labute approximate surface area is 173 Å². The molecule has 28 heavy (non-hydrogen) atoms. The first-order valence-corrected chi connectivity index (χ1v) is 10.5. The number of nitrogens with zero attached hydrogens (tertiary/aromatic N) is 2. The molecule has 1 heterocycles. The molecule has 0 N–H and O–H groups in total. The van der Waals surface area contributed by atoms with Crippen LogP contribution in [0.4, 0.5) is 0 Å². The molecular weight excluding hydrogens is 392 g/mol. The highest BCUT2D eigenvalue weighted by Crippen LogP contribution is 2.25. The van der Waals surface area contributed by atoms with Crippen LogP contribution in [0.15, 0.2) is 60.1 Å². The SMILES string of the molecule is C=CCn1c(=NC(=O)c2cccc(OCCCCC)c2)sc2cccc(Cl)c21. The summed E-state index contributed by atoms with van der Waals surface area (Å²) in [5, 5.41) is 0.631. The lowest BCUT2D eigenvalue weighted by atomic mass is 10.2. The molecule has 1 aromatic heterocycles. The topological polar surface area (TPSA) is 43.6 Å². The molecule has 0 saturated carbocycles. The fraction of sp³-hybridized carbons (Fsp3) is 0.273. The molecule has 0 aliphatic rings. The van der Waals surface area contributed by atoms with Gasteiger partial charge >= 0.3 is 0 Å². The normalized spacial score (nSPS) is 11.7. The van der Waals surface area contributed by atoms with Gasteiger partial charge in [0.15, 0.2) is 4.80 Å². The van der Waals surface area contributed by atoms with Gasteiger partial charge in [-0.2, -0.15) is 4.99 Å². The summed E-state index contributed by atoms with van der Waals surface area (Å²) in [6.07, 6.45) is 5.04. The predicted molar refractivity (Wildman–Crippen MR) is 116 cm³/mol. The molecule has 0 aliphatic heterocycles. The highest BCUT2D eigenvalue weighted by molar-refractivity contribution is 7.16. The van der Waals surface area contributed by atoms with Gasteiger partial charge in [0.05, 0.1) is 21.8 Å². The number of halogens is 1. The van der Waals surface area contributed by atoms with E-state index in [1.807, 2.05) is 34.9 Å². The molecular formula is C22H23ClN2O2S. The van der Waals surface area contributed by atoms with Crippen LogP contribution >= 0.6 is 22.9 Å². The van der Waals surface area contributed by atoms with Crippen molar-refractivity contribution in [3.63, 3.8) is 0 Å². The monoisotopic (exact) mass is 414 g/mol. The third-order valence-electron chi connectivity index (χ3n) is 4.26. The average molecular weight is 415 g/mol. The highest BCUT2D eigenvalue weighted by Gasteiger charge is 2.11. The molecule has 146 valence electrons. The predicted octanol–water partition coefficient (Wildman–Crippen LogP) is 5.85. The molecule has 0 radical (unpaired) electrons. The molecule has 0 aliphatic carbocycles. The van der Waals surface area contributed by atoms with Crippen molar-refractivity contribution < 1.29 is 9.53 Å². The molecule has 0 atom stereocenters. The third-order valence-corrected chi connectivity index (χ3v) is 5.61. The number of hydrogen-bond donors (Lipinski definition) is 0. The van der Waals surface area contributed by atoms with Crippen molar-refractivity contribution >= 4 is 39.1 Å². The van der Waals surface area contributed by atoms with Crippen molar-refractivity contribution in [2.75, 3.05) is 6.61 Å². The van der Waals surface area contributed by atoms with Crippen LogP contribution in [0.2, 0.25) is 5.02 Å². The van der Waals surface area contributed by atoms with E-state index in [-0.39, 0.29) is 5.91 Å². The number of carbonyl (C=O) groups is 1. The maximum atomic E-state index is 12.8. The summed E-state index contributed by atoms with van der Waals surface area (Å²) < 4.78 is 8.64. The summed E-state index contributed by atoms with van der Waals surface area (Å²) in [6, 6.07) is 12.9. The Morgan fingerprint density at radius 2 is 2.11 bits per heavy atom. The minimum atomic E-state index is -0.306. The van der Waals surface area contributed by atoms with Gasteiger partial charge in [-0.1, -0.05) is 60.9 Å². The van der Waals surface area contributed by atoms with Gasteiger partial charge in [-0.15, -0.1) is 6.58 Å². The highest BCUT2D eigenvalue weighted by atomic mass is 35.5. The van der Waals surface area contributed by atoms with Crippen LogP contribution in [-0.4, -0.2) is 17.1 Å². The number of amides is 1. The van der Waals surface area contributed by atoms with Crippen LogP contribution in [0, 0.1) is 0 Å². The standard InChI is InChI=1S/C22H23ClN2O2S/c1-3-5-6-14-27-17-10-7-9-16(15-17)21(26)24-22-25(13-4-2)20-18(23)11-8-12-19(20)28-22/h4,7-12,15H,2-3,5-6,13-14H2,1H3. The van der Waals surface area contributed by atoms with E-state index in [1.165, 1.54) is 11.3 Å². The Balaban J connectivity index is 1.91.